The second-order valence-electron chi connectivity index (χ2n) is 3.46. The van der Waals surface area contributed by atoms with E-state index < -0.39 is 6.09 Å². The van der Waals surface area contributed by atoms with E-state index in [2.05, 4.69) is 5.32 Å². The third-order valence-corrected chi connectivity index (χ3v) is 2.44. The van der Waals surface area contributed by atoms with Crippen molar-refractivity contribution in [2.45, 2.75) is 18.4 Å². The van der Waals surface area contributed by atoms with E-state index in [4.69, 9.17) is 5.11 Å². The Morgan fingerprint density at radius 3 is 2.79 bits per heavy atom. The number of aromatic hydroxyl groups is 1. The predicted octanol–water partition coefficient (Wildman–Crippen LogP) is 1.52. The minimum absolute atomic E-state index is 0.0409. The minimum atomic E-state index is -1.01. The van der Waals surface area contributed by atoms with Gasteiger partial charge in [-0.15, -0.1) is 0 Å². The summed E-state index contributed by atoms with van der Waals surface area (Å²) in [6.45, 7) is 0. The zero-order chi connectivity index (χ0) is 10.1. The number of amides is 1. The number of hydrogen-bond acceptors (Lipinski definition) is 2. The van der Waals surface area contributed by atoms with Crippen molar-refractivity contribution in [3.8, 4) is 5.75 Å². The normalized spacial score (nSPS) is 24.3. The topological polar surface area (TPSA) is 69.6 Å². The molecule has 14 heavy (non-hydrogen) atoms. The van der Waals surface area contributed by atoms with Crippen molar-refractivity contribution in [3.63, 3.8) is 0 Å². The van der Waals surface area contributed by atoms with Crippen LogP contribution in [-0.2, 0) is 0 Å². The Morgan fingerprint density at radius 1 is 1.43 bits per heavy atom. The first-order valence-electron chi connectivity index (χ1n) is 4.46. The number of rotatable bonds is 2. The summed E-state index contributed by atoms with van der Waals surface area (Å²) in [5.74, 6) is 0.375. The van der Waals surface area contributed by atoms with E-state index in [0.29, 0.717) is 0 Å². The third-order valence-electron chi connectivity index (χ3n) is 2.44. The summed E-state index contributed by atoms with van der Waals surface area (Å²) >= 11 is 0. The molecular formula is C10H11NO3. The van der Waals surface area contributed by atoms with Gasteiger partial charge in [-0.05, 0) is 18.1 Å². The van der Waals surface area contributed by atoms with Crippen molar-refractivity contribution in [3.05, 3.63) is 29.8 Å². The van der Waals surface area contributed by atoms with Crippen LogP contribution in [0.5, 0.6) is 5.75 Å². The molecule has 0 heterocycles. The average Bonchev–Trinajstić information content (AvgIpc) is 2.83. The molecule has 3 N–H and O–H groups in total. The molecule has 1 saturated carbocycles. The van der Waals surface area contributed by atoms with Crippen LogP contribution in [0.25, 0.3) is 0 Å². The van der Waals surface area contributed by atoms with Crippen molar-refractivity contribution < 1.29 is 15.0 Å². The second kappa shape index (κ2) is 3.21. The average molecular weight is 193 g/mol. The van der Waals surface area contributed by atoms with Crippen molar-refractivity contribution >= 4 is 6.09 Å². The van der Waals surface area contributed by atoms with Crippen molar-refractivity contribution in [1.82, 2.24) is 5.32 Å². The van der Waals surface area contributed by atoms with Gasteiger partial charge in [0.1, 0.15) is 5.75 Å². The maximum absolute atomic E-state index is 10.3. The van der Waals surface area contributed by atoms with Gasteiger partial charge in [-0.1, -0.05) is 18.2 Å². The Hall–Kier alpha value is -1.71. The summed E-state index contributed by atoms with van der Waals surface area (Å²) in [6, 6.07) is 6.99. The van der Waals surface area contributed by atoms with Crippen molar-refractivity contribution in [1.29, 1.82) is 0 Å². The fraction of sp³-hybridized carbons (Fsp3) is 0.300. The fourth-order valence-electron chi connectivity index (χ4n) is 1.66. The number of carboxylic acid groups (broad SMARTS) is 1. The number of phenols is 1. The second-order valence-corrected chi connectivity index (χ2v) is 3.46. The van der Waals surface area contributed by atoms with Crippen molar-refractivity contribution in [2.75, 3.05) is 0 Å². The molecule has 0 saturated heterocycles. The number of benzene rings is 1. The molecule has 1 amide bonds. The highest BCUT2D eigenvalue weighted by Gasteiger charge is 2.40. The van der Waals surface area contributed by atoms with Gasteiger partial charge in [0.2, 0.25) is 0 Å². The fourth-order valence-corrected chi connectivity index (χ4v) is 1.66. The predicted molar refractivity (Wildman–Crippen MR) is 50.4 cm³/mol. The SMILES string of the molecule is O=C(O)N[C@@H]1C[C@H]1c1ccccc1O. The van der Waals surface area contributed by atoms with Crippen LogP contribution < -0.4 is 5.32 Å². The summed E-state index contributed by atoms with van der Waals surface area (Å²) in [7, 11) is 0. The Balaban J connectivity index is 2.06. The molecule has 4 heteroatoms. The molecule has 0 radical (unpaired) electrons. The van der Waals surface area contributed by atoms with E-state index in [1.807, 2.05) is 12.1 Å². The van der Waals surface area contributed by atoms with Gasteiger partial charge in [-0.2, -0.15) is 0 Å². The first-order valence-corrected chi connectivity index (χ1v) is 4.46. The summed E-state index contributed by atoms with van der Waals surface area (Å²) in [6.07, 6.45) is -0.239. The molecule has 0 bridgehead atoms. The first kappa shape index (κ1) is 8.87. The Kier molecular flexibility index (Phi) is 2.04. The number of carbonyl (C=O) groups is 1. The lowest BCUT2D eigenvalue weighted by atomic mass is 10.1. The van der Waals surface area contributed by atoms with E-state index in [1.165, 1.54) is 0 Å². The molecule has 74 valence electrons. The molecule has 1 aliphatic carbocycles. The largest absolute Gasteiger partial charge is 0.508 e. The number of para-hydroxylation sites is 1. The highest BCUT2D eigenvalue weighted by Crippen LogP contribution is 2.44. The highest BCUT2D eigenvalue weighted by atomic mass is 16.4. The van der Waals surface area contributed by atoms with Crippen LogP contribution in [0.15, 0.2) is 24.3 Å². The zero-order valence-electron chi connectivity index (χ0n) is 7.47. The molecule has 4 nitrogen and oxygen atoms in total. The number of nitrogens with one attached hydrogen (secondary N) is 1. The Labute approximate surface area is 81.2 Å². The molecule has 0 aliphatic heterocycles. The van der Waals surface area contributed by atoms with Crippen LogP contribution in [0, 0.1) is 0 Å². The van der Waals surface area contributed by atoms with Gasteiger partial charge in [-0.3, -0.25) is 0 Å². The van der Waals surface area contributed by atoms with E-state index >= 15 is 0 Å². The first-order chi connectivity index (χ1) is 6.68. The molecule has 1 aromatic carbocycles. The standard InChI is InChI=1S/C10H11NO3/c12-9-4-2-1-3-6(9)7-5-8(7)11-10(13)14/h1-4,7-8,11-12H,5H2,(H,13,14)/t7-,8+/m0/s1. The van der Waals surface area contributed by atoms with Crippen LogP contribution in [0.2, 0.25) is 0 Å². The molecule has 1 aliphatic rings. The molecule has 2 atom stereocenters. The summed E-state index contributed by atoms with van der Waals surface area (Å²) < 4.78 is 0. The van der Waals surface area contributed by atoms with E-state index in [-0.39, 0.29) is 17.7 Å². The maximum Gasteiger partial charge on any atom is 0.404 e. The third kappa shape index (κ3) is 1.64. The molecular weight excluding hydrogens is 182 g/mol. The van der Waals surface area contributed by atoms with Gasteiger partial charge >= 0.3 is 6.09 Å². The minimum Gasteiger partial charge on any atom is -0.508 e. The Bertz CT molecular complexity index is 364. The van der Waals surface area contributed by atoms with E-state index in [9.17, 15) is 9.90 Å². The molecule has 2 rings (SSSR count). The summed E-state index contributed by atoms with van der Waals surface area (Å²) in [5.41, 5.74) is 0.825. The van der Waals surface area contributed by atoms with Gasteiger partial charge in [-0.25, -0.2) is 4.79 Å². The van der Waals surface area contributed by atoms with Gasteiger partial charge in [0.15, 0.2) is 0 Å². The quantitative estimate of drug-likeness (QED) is 0.666. The summed E-state index contributed by atoms with van der Waals surface area (Å²) in [5, 5.41) is 20.4. The van der Waals surface area contributed by atoms with Crippen LogP contribution in [-0.4, -0.2) is 22.3 Å². The van der Waals surface area contributed by atoms with Crippen LogP contribution >= 0.6 is 0 Å². The van der Waals surface area contributed by atoms with Gasteiger partial charge in [0, 0.05) is 12.0 Å². The van der Waals surface area contributed by atoms with Crippen LogP contribution in [0.3, 0.4) is 0 Å². The van der Waals surface area contributed by atoms with Gasteiger partial charge < -0.3 is 15.5 Å². The monoisotopic (exact) mass is 193 g/mol. The van der Waals surface area contributed by atoms with E-state index in [1.54, 1.807) is 12.1 Å². The molecule has 1 aromatic rings. The zero-order valence-corrected chi connectivity index (χ0v) is 7.47. The highest BCUT2D eigenvalue weighted by molar-refractivity contribution is 5.66. The Morgan fingerprint density at radius 2 is 2.14 bits per heavy atom. The molecule has 1 fully saturated rings. The maximum atomic E-state index is 10.3. The number of phenolic OH excluding ortho intramolecular Hbond substituents is 1. The van der Waals surface area contributed by atoms with Gasteiger partial charge in [0.05, 0.1) is 0 Å². The van der Waals surface area contributed by atoms with E-state index in [0.717, 1.165) is 12.0 Å². The van der Waals surface area contributed by atoms with Crippen LogP contribution in [0.1, 0.15) is 17.9 Å². The lowest BCUT2D eigenvalue weighted by Crippen LogP contribution is -2.24. The number of hydrogen-bond donors (Lipinski definition) is 3. The lowest BCUT2D eigenvalue weighted by molar-refractivity contribution is 0.193. The smallest absolute Gasteiger partial charge is 0.404 e. The van der Waals surface area contributed by atoms with Crippen molar-refractivity contribution in [2.24, 2.45) is 0 Å². The summed E-state index contributed by atoms with van der Waals surface area (Å²) in [4.78, 5) is 10.3. The molecule has 0 aromatic heterocycles. The molecule has 0 unspecified atom stereocenters. The lowest BCUT2D eigenvalue weighted by Gasteiger charge is -2.02. The van der Waals surface area contributed by atoms with Crippen LogP contribution in [0.4, 0.5) is 4.79 Å². The van der Waals surface area contributed by atoms with Gasteiger partial charge in [0.25, 0.3) is 0 Å². The molecule has 0 spiro atoms.